The van der Waals surface area contributed by atoms with Gasteiger partial charge in [0, 0.05) is 18.2 Å². The maximum absolute atomic E-state index is 11.9. The van der Waals surface area contributed by atoms with Gasteiger partial charge in [-0.1, -0.05) is 24.9 Å². The maximum atomic E-state index is 11.9. The number of carbonyl (C=O) groups excluding carboxylic acids is 1. The number of nitro groups is 1. The molecule has 98 valence electrons. The number of carbonyl (C=O) groups is 1. The molecule has 0 saturated heterocycles. The van der Waals surface area contributed by atoms with E-state index in [4.69, 9.17) is 11.6 Å². The van der Waals surface area contributed by atoms with Crippen molar-refractivity contribution in [2.45, 2.75) is 32.7 Å². The number of nitrogens with one attached hydrogen (secondary N) is 1. The number of rotatable bonds is 5. The van der Waals surface area contributed by atoms with Crippen molar-refractivity contribution in [1.29, 1.82) is 0 Å². The van der Waals surface area contributed by atoms with Gasteiger partial charge in [0.05, 0.1) is 15.5 Å². The fourth-order valence-electron chi connectivity index (χ4n) is 1.61. The lowest BCUT2D eigenvalue weighted by Gasteiger charge is -2.13. The lowest BCUT2D eigenvalue weighted by atomic mass is 10.1. The van der Waals surface area contributed by atoms with Gasteiger partial charge in [0.1, 0.15) is 0 Å². The normalized spacial score (nSPS) is 11.9. The van der Waals surface area contributed by atoms with Crippen LogP contribution in [0.2, 0.25) is 5.02 Å². The molecule has 0 heterocycles. The van der Waals surface area contributed by atoms with E-state index in [2.05, 4.69) is 5.32 Å². The first-order valence-corrected chi connectivity index (χ1v) is 6.08. The van der Waals surface area contributed by atoms with E-state index in [1.807, 2.05) is 13.8 Å². The minimum atomic E-state index is -0.548. The second-order valence-corrected chi connectivity index (χ2v) is 4.49. The molecule has 0 radical (unpaired) electrons. The van der Waals surface area contributed by atoms with E-state index in [-0.39, 0.29) is 28.2 Å². The SMILES string of the molecule is CCC[C@H](C)NC(=O)c1ccc([N+](=O)[O-])cc1Cl. The van der Waals surface area contributed by atoms with Gasteiger partial charge < -0.3 is 5.32 Å². The summed E-state index contributed by atoms with van der Waals surface area (Å²) < 4.78 is 0. The van der Waals surface area contributed by atoms with Crippen molar-refractivity contribution >= 4 is 23.2 Å². The fourth-order valence-corrected chi connectivity index (χ4v) is 1.87. The number of nitro benzene ring substituents is 1. The van der Waals surface area contributed by atoms with E-state index in [0.29, 0.717) is 0 Å². The van der Waals surface area contributed by atoms with Crippen molar-refractivity contribution in [3.63, 3.8) is 0 Å². The van der Waals surface area contributed by atoms with Gasteiger partial charge in [-0.3, -0.25) is 14.9 Å². The molecule has 1 rings (SSSR count). The number of nitrogens with zero attached hydrogens (tertiary/aromatic N) is 1. The summed E-state index contributed by atoms with van der Waals surface area (Å²) in [5, 5.41) is 13.4. The average molecular weight is 271 g/mol. The summed E-state index contributed by atoms with van der Waals surface area (Å²) in [6.45, 7) is 3.93. The summed E-state index contributed by atoms with van der Waals surface area (Å²) in [5.41, 5.74) is 0.128. The second-order valence-electron chi connectivity index (χ2n) is 4.08. The van der Waals surface area contributed by atoms with E-state index < -0.39 is 4.92 Å². The quantitative estimate of drug-likeness (QED) is 0.660. The van der Waals surface area contributed by atoms with Crippen LogP contribution in [0.5, 0.6) is 0 Å². The smallest absolute Gasteiger partial charge is 0.270 e. The monoisotopic (exact) mass is 270 g/mol. The number of halogens is 1. The minimum Gasteiger partial charge on any atom is -0.350 e. The third-order valence-corrected chi connectivity index (χ3v) is 2.82. The Labute approximate surface area is 110 Å². The van der Waals surface area contributed by atoms with Gasteiger partial charge in [-0.15, -0.1) is 0 Å². The van der Waals surface area contributed by atoms with Crippen LogP contribution in [-0.4, -0.2) is 16.9 Å². The molecule has 1 aromatic carbocycles. The summed E-state index contributed by atoms with van der Waals surface area (Å²) in [6, 6.07) is 3.87. The molecule has 0 aliphatic heterocycles. The van der Waals surface area contributed by atoms with Crippen LogP contribution in [0.3, 0.4) is 0 Å². The van der Waals surface area contributed by atoms with Crippen molar-refractivity contribution in [3.05, 3.63) is 38.9 Å². The molecule has 1 amide bonds. The van der Waals surface area contributed by atoms with Gasteiger partial charge in [-0.2, -0.15) is 0 Å². The molecule has 1 aromatic rings. The first-order valence-electron chi connectivity index (χ1n) is 5.70. The Morgan fingerprint density at radius 1 is 1.56 bits per heavy atom. The molecular weight excluding hydrogens is 256 g/mol. The van der Waals surface area contributed by atoms with Crippen molar-refractivity contribution in [2.24, 2.45) is 0 Å². The standard InChI is InChI=1S/C12H15ClN2O3/c1-3-4-8(2)14-12(16)10-6-5-9(15(17)18)7-11(10)13/h5-8H,3-4H2,1-2H3,(H,14,16)/t8-/m0/s1. The van der Waals surface area contributed by atoms with Gasteiger partial charge in [0.2, 0.25) is 0 Å². The highest BCUT2D eigenvalue weighted by atomic mass is 35.5. The zero-order valence-electron chi connectivity index (χ0n) is 10.3. The Morgan fingerprint density at radius 2 is 2.22 bits per heavy atom. The summed E-state index contributed by atoms with van der Waals surface area (Å²) in [7, 11) is 0. The molecule has 0 aliphatic rings. The number of non-ortho nitro benzene ring substituents is 1. The first-order chi connectivity index (χ1) is 8.45. The lowest BCUT2D eigenvalue weighted by Crippen LogP contribution is -2.32. The van der Waals surface area contributed by atoms with E-state index >= 15 is 0 Å². The van der Waals surface area contributed by atoms with Crippen molar-refractivity contribution in [2.75, 3.05) is 0 Å². The summed E-state index contributed by atoms with van der Waals surface area (Å²) in [5.74, 6) is -0.309. The average Bonchev–Trinajstić information content (AvgIpc) is 2.28. The van der Waals surface area contributed by atoms with Crippen LogP contribution in [0.25, 0.3) is 0 Å². The molecule has 5 nitrogen and oxygen atoms in total. The molecule has 18 heavy (non-hydrogen) atoms. The molecule has 0 bridgehead atoms. The van der Waals surface area contributed by atoms with Crippen LogP contribution < -0.4 is 5.32 Å². The molecule has 0 spiro atoms. The summed E-state index contributed by atoms with van der Waals surface area (Å²) >= 11 is 5.86. The van der Waals surface area contributed by atoms with E-state index in [1.54, 1.807) is 0 Å². The third-order valence-electron chi connectivity index (χ3n) is 2.51. The van der Waals surface area contributed by atoms with Gasteiger partial charge in [-0.25, -0.2) is 0 Å². The third kappa shape index (κ3) is 3.70. The van der Waals surface area contributed by atoms with Gasteiger partial charge >= 0.3 is 0 Å². The summed E-state index contributed by atoms with van der Waals surface area (Å²) in [6.07, 6.45) is 1.84. The summed E-state index contributed by atoms with van der Waals surface area (Å²) in [4.78, 5) is 21.9. The van der Waals surface area contributed by atoms with E-state index in [0.717, 1.165) is 12.8 Å². The van der Waals surface area contributed by atoms with Crippen LogP contribution in [0, 0.1) is 10.1 Å². The topological polar surface area (TPSA) is 72.2 Å². The largest absolute Gasteiger partial charge is 0.350 e. The molecule has 0 unspecified atom stereocenters. The van der Waals surface area contributed by atoms with Crippen LogP contribution in [0.1, 0.15) is 37.0 Å². The Bertz CT molecular complexity index is 463. The van der Waals surface area contributed by atoms with Crippen LogP contribution in [-0.2, 0) is 0 Å². The predicted octanol–water partition coefficient (Wildman–Crippen LogP) is 3.17. The highest BCUT2D eigenvalue weighted by molar-refractivity contribution is 6.34. The molecule has 0 aromatic heterocycles. The van der Waals surface area contributed by atoms with Crippen LogP contribution in [0.4, 0.5) is 5.69 Å². The van der Waals surface area contributed by atoms with Crippen LogP contribution >= 0.6 is 11.6 Å². The van der Waals surface area contributed by atoms with Crippen molar-refractivity contribution in [1.82, 2.24) is 5.32 Å². The molecule has 0 fully saturated rings. The molecule has 1 N–H and O–H groups in total. The van der Waals surface area contributed by atoms with Gasteiger partial charge in [-0.05, 0) is 19.4 Å². The lowest BCUT2D eigenvalue weighted by molar-refractivity contribution is -0.384. The van der Waals surface area contributed by atoms with Gasteiger partial charge in [0.15, 0.2) is 0 Å². The molecule has 0 aliphatic carbocycles. The predicted molar refractivity (Wildman–Crippen MR) is 69.9 cm³/mol. The second kappa shape index (κ2) is 6.35. The molecular formula is C12H15ClN2O3. The Hall–Kier alpha value is -1.62. The maximum Gasteiger partial charge on any atom is 0.270 e. The molecule has 0 saturated carbocycles. The Morgan fingerprint density at radius 3 is 2.72 bits per heavy atom. The minimum absolute atomic E-state index is 0.0498. The van der Waals surface area contributed by atoms with Gasteiger partial charge in [0.25, 0.3) is 11.6 Å². The highest BCUT2D eigenvalue weighted by Crippen LogP contribution is 2.22. The molecule has 6 heteroatoms. The fraction of sp³-hybridized carbons (Fsp3) is 0.417. The zero-order chi connectivity index (χ0) is 13.7. The first kappa shape index (κ1) is 14.4. The van der Waals surface area contributed by atoms with Crippen LogP contribution in [0.15, 0.2) is 18.2 Å². The molecule has 1 atom stereocenters. The Balaban J connectivity index is 2.84. The van der Waals surface area contributed by atoms with E-state index in [1.165, 1.54) is 18.2 Å². The van der Waals surface area contributed by atoms with Crippen molar-refractivity contribution < 1.29 is 9.72 Å². The number of benzene rings is 1. The van der Waals surface area contributed by atoms with E-state index in [9.17, 15) is 14.9 Å². The number of amides is 1. The Kier molecular flexibility index (Phi) is 5.09. The highest BCUT2D eigenvalue weighted by Gasteiger charge is 2.16. The zero-order valence-corrected chi connectivity index (χ0v) is 11.0. The number of hydrogen-bond donors (Lipinski definition) is 1. The van der Waals surface area contributed by atoms with Crippen molar-refractivity contribution in [3.8, 4) is 0 Å². The number of hydrogen-bond acceptors (Lipinski definition) is 3.